The van der Waals surface area contributed by atoms with Crippen molar-refractivity contribution in [3.8, 4) is 0 Å². The summed E-state index contributed by atoms with van der Waals surface area (Å²) in [6.07, 6.45) is 2.40. The van der Waals surface area contributed by atoms with E-state index in [-0.39, 0.29) is 31.0 Å². The molecule has 0 radical (unpaired) electrons. The second-order valence-corrected chi connectivity index (χ2v) is 7.86. The van der Waals surface area contributed by atoms with Crippen molar-refractivity contribution in [1.82, 2.24) is 15.5 Å². The van der Waals surface area contributed by atoms with Gasteiger partial charge in [-0.25, -0.2) is 4.79 Å². The largest absolute Gasteiger partial charge is 0.480 e. The van der Waals surface area contributed by atoms with Gasteiger partial charge in [0.25, 0.3) is 0 Å². The molecule has 9 heteroatoms. The highest BCUT2D eigenvalue weighted by atomic mass is 32.1. The second kappa shape index (κ2) is 15.0. The fourth-order valence-electron chi connectivity index (χ4n) is 3.01. The Morgan fingerprint density at radius 1 is 1.25 bits per heavy atom. The van der Waals surface area contributed by atoms with Crippen molar-refractivity contribution in [1.29, 1.82) is 0 Å². The molecule has 28 heavy (non-hydrogen) atoms. The van der Waals surface area contributed by atoms with Crippen LogP contribution in [0.5, 0.6) is 0 Å². The zero-order chi connectivity index (χ0) is 21.7. The van der Waals surface area contributed by atoms with E-state index in [0.29, 0.717) is 31.2 Å². The molecule has 0 aromatic heterocycles. The molecular formula is C19H40N4O4S. The first-order chi connectivity index (χ1) is 13.2. The van der Waals surface area contributed by atoms with Crippen molar-refractivity contribution < 1.29 is 19.8 Å². The zero-order valence-corrected chi connectivity index (χ0v) is 18.6. The average molecular weight is 421 g/mol. The third kappa shape index (κ3) is 10.1. The van der Waals surface area contributed by atoms with E-state index in [1.165, 1.54) is 0 Å². The maximum Gasteiger partial charge on any atom is 0.326 e. The summed E-state index contributed by atoms with van der Waals surface area (Å²) in [5.74, 6) is -0.473. The van der Waals surface area contributed by atoms with E-state index < -0.39 is 18.1 Å². The van der Waals surface area contributed by atoms with Crippen LogP contribution in [0, 0.1) is 5.92 Å². The number of aliphatic hydroxyl groups excluding tert-OH is 1. The molecule has 5 atom stereocenters. The fourth-order valence-corrected chi connectivity index (χ4v) is 3.14. The highest BCUT2D eigenvalue weighted by molar-refractivity contribution is 7.80. The molecule has 0 heterocycles. The van der Waals surface area contributed by atoms with Crippen molar-refractivity contribution in [3.63, 3.8) is 0 Å². The Morgan fingerprint density at radius 2 is 1.89 bits per heavy atom. The number of rotatable bonds is 16. The number of carbonyl (C=O) groups excluding carboxylic acids is 1. The number of thiol groups is 1. The lowest BCUT2D eigenvalue weighted by atomic mass is 9.97. The van der Waals surface area contributed by atoms with Crippen molar-refractivity contribution in [2.45, 2.75) is 70.6 Å². The van der Waals surface area contributed by atoms with Crippen LogP contribution in [0.25, 0.3) is 0 Å². The van der Waals surface area contributed by atoms with Gasteiger partial charge in [-0.15, -0.1) is 0 Å². The lowest BCUT2D eigenvalue weighted by Gasteiger charge is -2.34. The van der Waals surface area contributed by atoms with Gasteiger partial charge in [-0.05, 0) is 19.4 Å². The molecule has 0 aliphatic heterocycles. The van der Waals surface area contributed by atoms with Crippen LogP contribution in [0.15, 0.2) is 0 Å². The molecular weight excluding hydrogens is 380 g/mol. The number of nitrogens with one attached hydrogen (secondary N) is 2. The Hall–Kier alpha value is -0.870. The molecule has 0 rings (SSSR count). The maximum absolute atomic E-state index is 12.7. The number of hydrogen-bond acceptors (Lipinski definition) is 7. The van der Waals surface area contributed by atoms with Crippen molar-refractivity contribution >= 4 is 24.5 Å². The standard InChI is InChI=1S/C19H40N4O4S/c1-5-7-17(18(25)22-15(8-9-24)19(26)27)23(4)11-16(13(3)6-2)21-10-14(20)12-28/h13-17,21,24,28H,5-12,20H2,1-4H3,(H,22,25)(H,26,27)/t13-,14-,15+,16-,17+/m1/s1. The molecule has 0 aromatic rings. The van der Waals surface area contributed by atoms with Gasteiger partial charge < -0.3 is 26.6 Å². The van der Waals surface area contributed by atoms with Crippen molar-refractivity contribution in [2.24, 2.45) is 11.7 Å². The average Bonchev–Trinajstić information content (AvgIpc) is 2.67. The first-order valence-corrected chi connectivity index (χ1v) is 10.8. The van der Waals surface area contributed by atoms with E-state index in [1.54, 1.807) is 0 Å². The predicted molar refractivity (Wildman–Crippen MR) is 116 cm³/mol. The van der Waals surface area contributed by atoms with Gasteiger partial charge in [0.1, 0.15) is 6.04 Å². The Balaban J connectivity index is 5.13. The Morgan fingerprint density at radius 3 is 2.36 bits per heavy atom. The third-order valence-electron chi connectivity index (χ3n) is 5.12. The summed E-state index contributed by atoms with van der Waals surface area (Å²) in [5.41, 5.74) is 5.97. The third-order valence-corrected chi connectivity index (χ3v) is 5.59. The minimum Gasteiger partial charge on any atom is -0.480 e. The number of hydrogen-bond donors (Lipinski definition) is 6. The number of aliphatic hydroxyl groups is 1. The number of amides is 1. The first-order valence-electron chi connectivity index (χ1n) is 10.2. The summed E-state index contributed by atoms with van der Waals surface area (Å²) >= 11 is 4.22. The summed E-state index contributed by atoms with van der Waals surface area (Å²) < 4.78 is 0. The smallest absolute Gasteiger partial charge is 0.326 e. The number of carbonyl (C=O) groups is 2. The van der Waals surface area contributed by atoms with Crippen molar-refractivity contribution in [3.05, 3.63) is 0 Å². The van der Waals surface area contributed by atoms with E-state index in [4.69, 9.17) is 10.8 Å². The fraction of sp³-hybridized carbons (Fsp3) is 0.895. The van der Waals surface area contributed by atoms with Gasteiger partial charge in [0.2, 0.25) is 5.91 Å². The molecule has 1 amide bonds. The number of carboxylic acid groups (broad SMARTS) is 1. The highest BCUT2D eigenvalue weighted by Crippen LogP contribution is 2.13. The quantitative estimate of drug-likeness (QED) is 0.198. The van der Waals surface area contributed by atoms with E-state index >= 15 is 0 Å². The Bertz CT molecular complexity index is 456. The van der Waals surface area contributed by atoms with E-state index in [0.717, 1.165) is 12.8 Å². The van der Waals surface area contributed by atoms with Gasteiger partial charge >= 0.3 is 5.97 Å². The lowest BCUT2D eigenvalue weighted by molar-refractivity contribution is -0.143. The van der Waals surface area contributed by atoms with Gasteiger partial charge in [-0.2, -0.15) is 12.6 Å². The predicted octanol–water partition coefficient (Wildman–Crippen LogP) is 0.300. The summed E-state index contributed by atoms with van der Waals surface area (Å²) in [4.78, 5) is 26.0. The van der Waals surface area contributed by atoms with Crippen LogP contribution in [0.3, 0.4) is 0 Å². The second-order valence-electron chi connectivity index (χ2n) is 7.50. The molecule has 0 fully saturated rings. The maximum atomic E-state index is 12.7. The van der Waals surface area contributed by atoms with Crippen LogP contribution in [-0.4, -0.2) is 83.7 Å². The van der Waals surface area contributed by atoms with Gasteiger partial charge in [0.05, 0.1) is 6.04 Å². The van der Waals surface area contributed by atoms with E-state index in [2.05, 4.69) is 37.1 Å². The topological polar surface area (TPSA) is 128 Å². The minimum absolute atomic E-state index is 0.0116. The highest BCUT2D eigenvalue weighted by Gasteiger charge is 2.29. The van der Waals surface area contributed by atoms with Crippen LogP contribution in [0.4, 0.5) is 0 Å². The van der Waals surface area contributed by atoms with Gasteiger partial charge in [0.15, 0.2) is 0 Å². The molecule has 166 valence electrons. The molecule has 0 aliphatic carbocycles. The van der Waals surface area contributed by atoms with Gasteiger partial charge in [-0.1, -0.05) is 33.6 Å². The molecule has 0 aromatic carbocycles. The summed E-state index contributed by atoms with van der Waals surface area (Å²) in [5, 5.41) is 24.3. The van der Waals surface area contributed by atoms with E-state index in [1.807, 2.05) is 18.9 Å². The van der Waals surface area contributed by atoms with Crippen LogP contribution in [-0.2, 0) is 9.59 Å². The Kier molecular flexibility index (Phi) is 14.6. The molecule has 0 unspecified atom stereocenters. The molecule has 0 saturated carbocycles. The zero-order valence-electron chi connectivity index (χ0n) is 17.7. The molecule has 8 nitrogen and oxygen atoms in total. The number of aliphatic carboxylic acids is 1. The summed E-state index contributed by atoms with van der Waals surface area (Å²) in [7, 11) is 1.89. The summed E-state index contributed by atoms with van der Waals surface area (Å²) in [6, 6.07) is -1.40. The summed E-state index contributed by atoms with van der Waals surface area (Å²) in [6.45, 7) is 7.27. The molecule has 0 bridgehead atoms. The monoisotopic (exact) mass is 420 g/mol. The van der Waals surface area contributed by atoms with Crippen LogP contribution in [0.1, 0.15) is 46.5 Å². The Labute approximate surface area is 175 Å². The van der Waals surface area contributed by atoms with Crippen LogP contribution >= 0.6 is 12.6 Å². The number of nitrogens with zero attached hydrogens (tertiary/aromatic N) is 1. The van der Waals surface area contributed by atoms with E-state index in [9.17, 15) is 14.7 Å². The SMILES string of the molecule is CCC[C@@H](C(=O)N[C@@H](CCO)C(=O)O)N(C)C[C@@H](NC[C@@H](N)CS)[C@H](C)CC. The molecule has 0 spiro atoms. The number of carboxylic acids is 1. The van der Waals surface area contributed by atoms with Gasteiger partial charge in [-0.3, -0.25) is 9.69 Å². The number of nitrogens with two attached hydrogens (primary N) is 1. The molecule has 0 saturated heterocycles. The molecule has 6 N–H and O–H groups in total. The molecule has 0 aliphatic rings. The van der Waals surface area contributed by atoms with Gasteiger partial charge in [0, 0.05) is 44.0 Å². The van der Waals surface area contributed by atoms with Crippen molar-refractivity contribution in [2.75, 3.05) is 32.5 Å². The lowest BCUT2D eigenvalue weighted by Crippen LogP contribution is -2.55. The number of likely N-dealkylation sites (N-methyl/N-ethyl adjacent to an activating group) is 1. The van der Waals surface area contributed by atoms with Crippen LogP contribution < -0.4 is 16.4 Å². The normalized spacial score (nSPS) is 17.0. The first kappa shape index (κ1) is 27.1. The van der Waals surface area contributed by atoms with Crippen LogP contribution in [0.2, 0.25) is 0 Å². The minimum atomic E-state index is -1.14.